The van der Waals surface area contributed by atoms with E-state index < -0.39 is 6.04 Å². The highest BCUT2D eigenvalue weighted by molar-refractivity contribution is 9.10. The van der Waals surface area contributed by atoms with E-state index >= 15 is 0 Å². The van der Waals surface area contributed by atoms with Crippen LogP contribution in [0.15, 0.2) is 77.3 Å². The Morgan fingerprint density at radius 3 is 2.57 bits per heavy atom. The number of amides is 2. The SMILES string of the molecule is O=C1CN(C(=O)c2cccc(Cl)c2)[C@@H](c2ccccc2)c2cc(Br)ccc2N1. The number of fused-ring (bicyclic) bond motifs is 1. The highest BCUT2D eigenvalue weighted by atomic mass is 79.9. The number of rotatable bonds is 2. The van der Waals surface area contributed by atoms with Gasteiger partial charge in [-0.25, -0.2) is 0 Å². The molecule has 1 N–H and O–H groups in total. The Morgan fingerprint density at radius 2 is 1.82 bits per heavy atom. The molecule has 0 aliphatic carbocycles. The minimum absolute atomic E-state index is 0.0583. The fourth-order valence-corrected chi connectivity index (χ4v) is 4.02. The number of nitrogens with zero attached hydrogens (tertiary/aromatic N) is 1. The number of hydrogen-bond acceptors (Lipinski definition) is 2. The van der Waals surface area contributed by atoms with Gasteiger partial charge in [-0.3, -0.25) is 9.59 Å². The van der Waals surface area contributed by atoms with Crippen LogP contribution in [-0.4, -0.2) is 23.3 Å². The Labute approximate surface area is 176 Å². The lowest BCUT2D eigenvalue weighted by molar-refractivity contribution is -0.117. The Hall–Kier alpha value is -2.63. The summed E-state index contributed by atoms with van der Waals surface area (Å²) in [4.78, 5) is 27.6. The summed E-state index contributed by atoms with van der Waals surface area (Å²) in [5.41, 5.74) is 2.92. The summed E-state index contributed by atoms with van der Waals surface area (Å²) in [5, 5.41) is 3.39. The van der Waals surface area contributed by atoms with Crippen molar-refractivity contribution in [3.8, 4) is 0 Å². The molecular weight excluding hydrogens is 440 g/mol. The van der Waals surface area contributed by atoms with Crippen molar-refractivity contribution >= 4 is 45.0 Å². The molecule has 0 saturated heterocycles. The minimum Gasteiger partial charge on any atom is -0.324 e. The zero-order valence-corrected chi connectivity index (χ0v) is 17.1. The van der Waals surface area contributed by atoms with Crippen molar-refractivity contribution in [2.75, 3.05) is 11.9 Å². The molecule has 0 unspecified atom stereocenters. The van der Waals surface area contributed by atoms with Crippen LogP contribution >= 0.6 is 27.5 Å². The van der Waals surface area contributed by atoms with Crippen molar-refractivity contribution in [1.82, 2.24) is 4.90 Å². The third-order valence-corrected chi connectivity index (χ3v) is 5.38. The molecule has 1 heterocycles. The van der Waals surface area contributed by atoms with Crippen LogP contribution in [0.2, 0.25) is 5.02 Å². The molecule has 1 atom stereocenters. The first-order valence-corrected chi connectivity index (χ1v) is 9.91. The van der Waals surface area contributed by atoms with Gasteiger partial charge in [-0.1, -0.05) is 63.9 Å². The van der Waals surface area contributed by atoms with Crippen LogP contribution in [0.25, 0.3) is 0 Å². The van der Waals surface area contributed by atoms with Crippen LogP contribution in [0.4, 0.5) is 5.69 Å². The predicted molar refractivity (Wildman–Crippen MR) is 114 cm³/mol. The first kappa shape index (κ1) is 18.7. The lowest BCUT2D eigenvalue weighted by atomic mass is 9.95. The molecule has 28 heavy (non-hydrogen) atoms. The molecule has 0 fully saturated rings. The lowest BCUT2D eigenvalue weighted by Gasteiger charge is -2.30. The van der Waals surface area contributed by atoms with Gasteiger partial charge in [0.2, 0.25) is 5.91 Å². The molecule has 1 aliphatic rings. The highest BCUT2D eigenvalue weighted by Gasteiger charge is 2.34. The number of nitrogens with one attached hydrogen (secondary N) is 1. The van der Waals surface area contributed by atoms with E-state index in [1.807, 2.05) is 48.5 Å². The molecule has 0 aromatic heterocycles. The van der Waals surface area contributed by atoms with E-state index in [4.69, 9.17) is 11.6 Å². The van der Waals surface area contributed by atoms with Gasteiger partial charge in [-0.2, -0.15) is 0 Å². The topological polar surface area (TPSA) is 49.4 Å². The smallest absolute Gasteiger partial charge is 0.255 e. The summed E-state index contributed by atoms with van der Waals surface area (Å²) in [6.45, 7) is -0.0583. The molecule has 0 bridgehead atoms. The summed E-state index contributed by atoms with van der Waals surface area (Å²) in [6.07, 6.45) is 0. The number of carbonyl (C=O) groups excluding carboxylic acids is 2. The Balaban J connectivity index is 1.89. The highest BCUT2D eigenvalue weighted by Crippen LogP contribution is 2.38. The van der Waals surface area contributed by atoms with Gasteiger partial charge in [0, 0.05) is 26.3 Å². The quantitative estimate of drug-likeness (QED) is 0.571. The lowest BCUT2D eigenvalue weighted by Crippen LogP contribution is -2.39. The number of anilines is 1. The largest absolute Gasteiger partial charge is 0.324 e. The van der Waals surface area contributed by atoms with Crippen molar-refractivity contribution in [3.05, 3.63) is 99.0 Å². The fraction of sp³-hybridized carbons (Fsp3) is 0.0909. The summed E-state index contributed by atoms with van der Waals surface area (Å²) in [6, 6.07) is 21.7. The van der Waals surface area contributed by atoms with E-state index in [0.717, 1.165) is 15.6 Å². The van der Waals surface area contributed by atoms with Gasteiger partial charge in [-0.05, 0) is 42.0 Å². The summed E-state index contributed by atoms with van der Waals surface area (Å²) < 4.78 is 0.874. The Bertz CT molecular complexity index is 1060. The summed E-state index contributed by atoms with van der Waals surface area (Å²) in [5.74, 6) is -0.489. The second kappa shape index (κ2) is 7.78. The normalized spacial score (nSPS) is 16.1. The zero-order valence-electron chi connectivity index (χ0n) is 14.7. The molecule has 6 heteroatoms. The van der Waals surface area contributed by atoms with Crippen LogP contribution in [0, 0.1) is 0 Å². The van der Waals surface area contributed by atoms with E-state index in [-0.39, 0.29) is 18.4 Å². The fourth-order valence-electron chi connectivity index (χ4n) is 3.45. The molecule has 3 aromatic rings. The van der Waals surface area contributed by atoms with Crippen LogP contribution in [-0.2, 0) is 4.79 Å². The predicted octanol–water partition coefficient (Wildman–Crippen LogP) is 5.29. The van der Waals surface area contributed by atoms with Crippen LogP contribution in [0.3, 0.4) is 0 Å². The number of carbonyl (C=O) groups is 2. The Morgan fingerprint density at radius 1 is 1.04 bits per heavy atom. The van der Waals surface area contributed by atoms with E-state index in [0.29, 0.717) is 16.3 Å². The maximum atomic E-state index is 13.4. The summed E-state index contributed by atoms with van der Waals surface area (Å²) >= 11 is 9.60. The molecule has 140 valence electrons. The van der Waals surface area contributed by atoms with E-state index in [2.05, 4.69) is 21.2 Å². The number of benzene rings is 3. The third-order valence-electron chi connectivity index (χ3n) is 4.66. The molecule has 0 radical (unpaired) electrons. The van der Waals surface area contributed by atoms with Gasteiger partial charge in [-0.15, -0.1) is 0 Å². The summed E-state index contributed by atoms with van der Waals surface area (Å²) in [7, 11) is 0. The second-order valence-electron chi connectivity index (χ2n) is 6.54. The van der Waals surface area contributed by atoms with Gasteiger partial charge in [0.1, 0.15) is 6.54 Å². The van der Waals surface area contributed by atoms with Gasteiger partial charge >= 0.3 is 0 Å². The average Bonchev–Trinajstić information content (AvgIpc) is 2.83. The third kappa shape index (κ3) is 3.68. The number of halogens is 2. The van der Waals surface area contributed by atoms with E-state index in [1.165, 1.54) is 0 Å². The molecule has 4 rings (SSSR count). The minimum atomic E-state index is -0.417. The second-order valence-corrected chi connectivity index (χ2v) is 7.89. The number of hydrogen-bond donors (Lipinski definition) is 1. The first-order valence-electron chi connectivity index (χ1n) is 8.74. The van der Waals surface area contributed by atoms with Crippen LogP contribution in [0.5, 0.6) is 0 Å². The molecule has 1 aliphatic heterocycles. The molecule has 2 amide bonds. The van der Waals surface area contributed by atoms with Crippen LogP contribution in [0.1, 0.15) is 27.5 Å². The van der Waals surface area contributed by atoms with Gasteiger partial charge in [0.15, 0.2) is 0 Å². The van der Waals surface area contributed by atoms with Crippen LogP contribution < -0.4 is 5.32 Å². The standard InChI is InChI=1S/C22H16BrClN2O2/c23-16-9-10-19-18(12-16)21(14-5-2-1-3-6-14)26(13-20(27)25-19)22(28)15-7-4-8-17(24)11-15/h1-12,21H,13H2,(H,25,27)/t21-/m0/s1. The van der Waals surface area contributed by atoms with Gasteiger partial charge in [0.05, 0.1) is 6.04 Å². The molecule has 4 nitrogen and oxygen atoms in total. The van der Waals surface area contributed by atoms with E-state index in [9.17, 15) is 9.59 Å². The maximum absolute atomic E-state index is 13.4. The molecule has 0 saturated carbocycles. The van der Waals surface area contributed by atoms with Gasteiger partial charge < -0.3 is 10.2 Å². The van der Waals surface area contributed by atoms with Crippen molar-refractivity contribution in [3.63, 3.8) is 0 Å². The monoisotopic (exact) mass is 454 g/mol. The first-order chi connectivity index (χ1) is 13.5. The van der Waals surface area contributed by atoms with Crippen molar-refractivity contribution in [2.45, 2.75) is 6.04 Å². The Kier molecular flexibility index (Phi) is 5.20. The average molecular weight is 456 g/mol. The van der Waals surface area contributed by atoms with Crippen molar-refractivity contribution in [2.24, 2.45) is 0 Å². The van der Waals surface area contributed by atoms with Crippen molar-refractivity contribution in [1.29, 1.82) is 0 Å². The van der Waals surface area contributed by atoms with Crippen molar-refractivity contribution < 1.29 is 9.59 Å². The zero-order chi connectivity index (χ0) is 19.7. The van der Waals surface area contributed by atoms with Gasteiger partial charge in [0.25, 0.3) is 5.91 Å². The molecule has 3 aromatic carbocycles. The maximum Gasteiger partial charge on any atom is 0.255 e. The molecular formula is C22H16BrClN2O2. The molecule has 0 spiro atoms. The van der Waals surface area contributed by atoms with E-state index in [1.54, 1.807) is 29.2 Å².